The average molecular weight is 294 g/mol. The Morgan fingerprint density at radius 3 is 2.62 bits per heavy atom. The van der Waals surface area contributed by atoms with Crippen LogP contribution in [-0.2, 0) is 6.54 Å². The minimum Gasteiger partial charge on any atom is -0.389 e. The van der Waals surface area contributed by atoms with Crippen molar-refractivity contribution < 1.29 is 9.50 Å². The monoisotopic (exact) mass is 294 g/mol. The molecule has 1 heterocycles. The summed E-state index contributed by atoms with van der Waals surface area (Å²) >= 11 is 0. The van der Waals surface area contributed by atoms with Crippen molar-refractivity contribution >= 4 is 5.69 Å². The maximum Gasteiger partial charge on any atom is 0.129 e. The van der Waals surface area contributed by atoms with Gasteiger partial charge in [-0.3, -0.25) is 0 Å². The van der Waals surface area contributed by atoms with Crippen LogP contribution >= 0.6 is 0 Å². The Kier molecular flexibility index (Phi) is 5.22. The quantitative estimate of drug-likeness (QED) is 0.847. The Morgan fingerprint density at radius 1 is 1.33 bits per heavy atom. The first-order valence-corrected chi connectivity index (χ1v) is 7.87. The van der Waals surface area contributed by atoms with Gasteiger partial charge >= 0.3 is 0 Å². The number of nitrogens with zero attached hydrogens (tertiary/aromatic N) is 1. The van der Waals surface area contributed by atoms with Crippen molar-refractivity contribution in [3.63, 3.8) is 0 Å². The number of nitrogens with one attached hydrogen (secondary N) is 1. The fourth-order valence-corrected chi connectivity index (χ4v) is 2.62. The highest BCUT2D eigenvalue weighted by Gasteiger charge is 2.25. The van der Waals surface area contributed by atoms with Gasteiger partial charge in [-0.05, 0) is 37.8 Å². The predicted molar refractivity (Wildman–Crippen MR) is 85.0 cm³/mol. The first-order chi connectivity index (χ1) is 9.92. The molecular formula is C17H27FN2O. The van der Waals surface area contributed by atoms with Crippen molar-refractivity contribution in [3.8, 4) is 0 Å². The average Bonchev–Trinajstić information content (AvgIpc) is 2.94. The van der Waals surface area contributed by atoms with Gasteiger partial charge in [-0.2, -0.15) is 0 Å². The number of anilines is 1. The van der Waals surface area contributed by atoms with Crippen molar-refractivity contribution in [3.05, 3.63) is 29.6 Å². The van der Waals surface area contributed by atoms with Gasteiger partial charge in [-0.25, -0.2) is 4.39 Å². The minimum atomic E-state index is -0.779. The summed E-state index contributed by atoms with van der Waals surface area (Å²) in [4.78, 5) is 2.25. The largest absolute Gasteiger partial charge is 0.389 e. The zero-order valence-corrected chi connectivity index (χ0v) is 13.3. The van der Waals surface area contributed by atoms with Crippen LogP contribution in [0, 0.1) is 11.7 Å². The first-order valence-electron chi connectivity index (χ1n) is 7.87. The molecular weight excluding hydrogens is 267 g/mol. The lowest BCUT2D eigenvalue weighted by Gasteiger charge is -2.28. The van der Waals surface area contributed by atoms with Crippen molar-refractivity contribution in [2.75, 3.05) is 24.5 Å². The van der Waals surface area contributed by atoms with Crippen LogP contribution in [0.4, 0.5) is 10.1 Å². The van der Waals surface area contributed by atoms with Gasteiger partial charge in [0, 0.05) is 37.4 Å². The summed E-state index contributed by atoms with van der Waals surface area (Å²) in [7, 11) is 0. The van der Waals surface area contributed by atoms with Crippen LogP contribution < -0.4 is 10.2 Å². The molecule has 0 spiro atoms. The molecule has 21 heavy (non-hydrogen) atoms. The molecule has 2 N–H and O–H groups in total. The third-order valence-corrected chi connectivity index (χ3v) is 4.57. The summed E-state index contributed by atoms with van der Waals surface area (Å²) in [5.41, 5.74) is 0.919. The summed E-state index contributed by atoms with van der Waals surface area (Å²) in [6, 6.07) is 5.28. The van der Waals surface area contributed by atoms with Crippen molar-refractivity contribution in [1.29, 1.82) is 0 Å². The highest BCUT2D eigenvalue weighted by Crippen LogP contribution is 2.26. The molecule has 2 rings (SSSR count). The molecule has 0 aromatic heterocycles. The van der Waals surface area contributed by atoms with E-state index in [1.807, 2.05) is 26.8 Å². The number of hydrogen-bond acceptors (Lipinski definition) is 3. The second kappa shape index (κ2) is 6.75. The van der Waals surface area contributed by atoms with Gasteiger partial charge in [-0.15, -0.1) is 0 Å². The number of aliphatic hydroxyl groups is 1. The van der Waals surface area contributed by atoms with E-state index in [0.29, 0.717) is 18.7 Å². The molecule has 1 aromatic carbocycles. The summed E-state index contributed by atoms with van der Waals surface area (Å²) < 4.78 is 14.2. The van der Waals surface area contributed by atoms with Crippen LogP contribution in [0.25, 0.3) is 0 Å². The van der Waals surface area contributed by atoms with E-state index >= 15 is 0 Å². The second-order valence-corrected chi connectivity index (χ2v) is 6.55. The summed E-state index contributed by atoms with van der Waals surface area (Å²) in [6.45, 7) is 8.69. The molecule has 4 heteroatoms. The fraction of sp³-hybridized carbons (Fsp3) is 0.647. The Morgan fingerprint density at radius 2 is 2.00 bits per heavy atom. The second-order valence-electron chi connectivity index (χ2n) is 6.55. The number of hydrogen-bond donors (Lipinski definition) is 2. The first kappa shape index (κ1) is 16.2. The van der Waals surface area contributed by atoms with Crippen molar-refractivity contribution in [2.24, 2.45) is 5.92 Å². The van der Waals surface area contributed by atoms with E-state index in [1.54, 1.807) is 6.07 Å². The van der Waals surface area contributed by atoms with Crippen LogP contribution in [0.15, 0.2) is 18.2 Å². The molecule has 1 aliphatic heterocycles. The molecule has 0 saturated carbocycles. The molecule has 1 saturated heterocycles. The highest BCUT2D eigenvalue weighted by atomic mass is 19.1. The van der Waals surface area contributed by atoms with E-state index in [1.165, 1.54) is 18.9 Å². The molecule has 3 nitrogen and oxygen atoms in total. The lowest BCUT2D eigenvalue weighted by molar-refractivity contribution is 0.0139. The smallest absolute Gasteiger partial charge is 0.129 e. The van der Waals surface area contributed by atoms with Crippen LogP contribution in [0.3, 0.4) is 0 Å². The molecule has 0 radical (unpaired) electrons. The van der Waals surface area contributed by atoms with E-state index in [0.717, 1.165) is 18.8 Å². The van der Waals surface area contributed by atoms with Crippen molar-refractivity contribution in [1.82, 2.24) is 5.32 Å². The zero-order chi connectivity index (χ0) is 15.5. The Balaban J connectivity index is 2.05. The fourth-order valence-electron chi connectivity index (χ4n) is 2.62. The normalized spacial score (nSPS) is 18.3. The van der Waals surface area contributed by atoms with Crippen LogP contribution in [0.2, 0.25) is 0 Å². The molecule has 0 bridgehead atoms. The standard InChI is InChI=1S/C17H27FN2O/c1-13(2)17(3,21)12-19-11-14-15(18)7-6-8-16(14)20-9-4-5-10-20/h6-8,13,19,21H,4-5,9-12H2,1-3H3. The summed E-state index contributed by atoms with van der Waals surface area (Å²) in [6.07, 6.45) is 2.34. The van der Waals surface area contributed by atoms with Gasteiger partial charge in [0.2, 0.25) is 0 Å². The highest BCUT2D eigenvalue weighted by molar-refractivity contribution is 5.54. The molecule has 1 aromatic rings. The van der Waals surface area contributed by atoms with Gasteiger partial charge in [0.1, 0.15) is 5.82 Å². The van der Waals surface area contributed by atoms with Gasteiger partial charge in [0.05, 0.1) is 5.60 Å². The Labute approximate surface area is 127 Å². The SMILES string of the molecule is CC(C)C(C)(O)CNCc1c(F)cccc1N1CCCC1. The van der Waals surface area contributed by atoms with E-state index in [-0.39, 0.29) is 11.7 Å². The molecule has 0 aliphatic carbocycles. The van der Waals surface area contributed by atoms with Crippen LogP contribution in [-0.4, -0.2) is 30.3 Å². The number of halogens is 1. The van der Waals surface area contributed by atoms with Gasteiger partial charge in [0.15, 0.2) is 0 Å². The van der Waals surface area contributed by atoms with Gasteiger partial charge < -0.3 is 15.3 Å². The third-order valence-electron chi connectivity index (χ3n) is 4.57. The molecule has 1 unspecified atom stereocenters. The molecule has 1 fully saturated rings. The lowest BCUT2D eigenvalue weighted by Crippen LogP contribution is -2.42. The van der Waals surface area contributed by atoms with Crippen molar-refractivity contribution in [2.45, 2.75) is 45.8 Å². The van der Waals surface area contributed by atoms with E-state index in [2.05, 4.69) is 10.2 Å². The zero-order valence-electron chi connectivity index (χ0n) is 13.3. The van der Waals surface area contributed by atoms with E-state index < -0.39 is 5.60 Å². The van der Waals surface area contributed by atoms with Gasteiger partial charge in [-0.1, -0.05) is 19.9 Å². The summed E-state index contributed by atoms with van der Waals surface area (Å²) in [5, 5.41) is 13.5. The Hall–Kier alpha value is -1.13. The molecule has 0 amide bonds. The summed E-state index contributed by atoms with van der Waals surface area (Å²) in [5.74, 6) is -0.0141. The number of rotatable bonds is 6. The predicted octanol–water partition coefficient (Wildman–Crippen LogP) is 2.92. The van der Waals surface area contributed by atoms with E-state index in [9.17, 15) is 9.50 Å². The Bertz CT molecular complexity index is 468. The van der Waals surface area contributed by atoms with Crippen LogP contribution in [0.1, 0.15) is 39.2 Å². The molecule has 118 valence electrons. The number of benzene rings is 1. The third kappa shape index (κ3) is 3.95. The topological polar surface area (TPSA) is 35.5 Å². The maximum atomic E-state index is 14.2. The van der Waals surface area contributed by atoms with Crippen LogP contribution in [0.5, 0.6) is 0 Å². The molecule has 1 aliphatic rings. The lowest BCUT2D eigenvalue weighted by atomic mass is 9.92. The van der Waals surface area contributed by atoms with E-state index in [4.69, 9.17) is 0 Å². The minimum absolute atomic E-state index is 0.156. The molecule has 1 atom stereocenters. The van der Waals surface area contributed by atoms with Gasteiger partial charge in [0.25, 0.3) is 0 Å². The maximum absolute atomic E-state index is 14.2.